The summed E-state index contributed by atoms with van der Waals surface area (Å²) in [6, 6.07) is 17.8. The molecule has 4 aromatic rings. The van der Waals surface area contributed by atoms with Gasteiger partial charge in [0.05, 0.1) is 101 Å². The summed E-state index contributed by atoms with van der Waals surface area (Å²) >= 11 is 0. The lowest BCUT2D eigenvalue weighted by Gasteiger charge is -2.46. The molecule has 3 atom stereocenters. The summed E-state index contributed by atoms with van der Waals surface area (Å²) in [6.07, 6.45) is 2.29. The Bertz CT molecular complexity index is 2650. The van der Waals surface area contributed by atoms with E-state index in [1.165, 1.54) is 28.9 Å². The summed E-state index contributed by atoms with van der Waals surface area (Å²) in [6.45, 7) is 14.3. The molecule has 0 unspecified atom stereocenters. The van der Waals surface area contributed by atoms with E-state index in [1.54, 1.807) is 0 Å². The van der Waals surface area contributed by atoms with Crippen molar-refractivity contribution >= 4 is 51.4 Å². The predicted molar refractivity (Wildman–Crippen MR) is 298 cm³/mol. The number of aromatic amines is 1. The molecule has 1 aromatic heterocycles. The molecule has 0 saturated carbocycles. The first kappa shape index (κ1) is 61.1. The second-order valence-corrected chi connectivity index (χ2v) is 20.5. The molecule has 1 spiro atoms. The van der Waals surface area contributed by atoms with E-state index in [1.807, 2.05) is 29.2 Å². The number of hydrogen-bond acceptors (Lipinski definition) is 18. The van der Waals surface area contributed by atoms with E-state index >= 15 is 0 Å². The normalized spacial score (nSPS) is 17.7. The second-order valence-electron chi connectivity index (χ2n) is 20.5. The third-order valence-electron chi connectivity index (χ3n) is 14.9. The molecular formula is C56H79N9O15. The number of benzene rings is 3. The number of piperidine rings is 2. The van der Waals surface area contributed by atoms with Crippen molar-refractivity contribution in [2.24, 2.45) is 11.8 Å². The second kappa shape index (κ2) is 31.5. The molecule has 80 heavy (non-hydrogen) atoms. The van der Waals surface area contributed by atoms with Gasteiger partial charge in [0, 0.05) is 99.3 Å². The molecule has 438 valence electrons. The number of nitrogens with one attached hydrogen (secondary N) is 5. The zero-order valence-electron chi connectivity index (χ0n) is 46.0. The number of aryl methyl sites for hydroxylation is 1. The number of aliphatic hydroxyl groups excluding tert-OH is 1. The first-order chi connectivity index (χ1) is 38.8. The third-order valence-corrected chi connectivity index (χ3v) is 14.9. The predicted octanol–water partition coefficient (Wildman–Crippen LogP) is 4.81. The largest absolute Gasteiger partial charge is 0.491 e. The molecule has 24 heteroatoms. The van der Waals surface area contributed by atoms with Gasteiger partial charge in [-0.25, -0.2) is 0 Å². The van der Waals surface area contributed by atoms with E-state index in [0.717, 1.165) is 55.9 Å². The summed E-state index contributed by atoms with van der Waals surface area (Å²) in [5.41, 5.74) is 4.90. The SMILES string of the molecule is Cc1ccc2c(c1)NC[C@]21CCN(C[C@@H](O)C2CCN(C(=O)c3cc4ccc(OCCOCCOCCOCCNC(=O)CCC(=O)NCCOCCOCCOCCNc5ccc([N+](=O)[O-])cc5[N+](=O)[O-])cc4[nH]3)CC2)C[C@H]1C. The highest BCUT2D eigenvalue weighted by atomic mass is 16.6. The molecule has 3 aromatic carbocycles. The highest BCUT2D eigenvalue weighted by molar-refractivity contribution is 5.98. The topological polar surface area (TPSA) is 293 Å². The van der Waals surface area contributed by atoms with Gasteiger partial charge in [-0.2, -0.15) is 0 Å². The van der Waals surface area contributed by atoms with Gasteiger partial charge >= 0.3 is 0 Å². The number of anilines is 2. The van der Waals surface area contributed by atoms with Crippen LogP contribution in [0.2, 0.25) is 0 Å². The summed E-state index contributed by atoms with van der Waals surface area (Å²) < 4.78 is 38.9. The number of hydrogen-bond donors (Lipinski definition) is 6. The van der Waals surface area contributed by atoms with Gasteiger partial charge in [0.15, 0.2) is 0 Å². The molecule has 4 heterocycles. The summed E-state index contributed by atoms with van der Waals surface area (Å²) in [4.78, 5) is 66.2. The lowest BCUT2D eigenvalue weighted by Crippen LogP contribution is -2.52. The maximum absolute atomic E-state index is 13.6. The summed E-state index contributed by atoms with van der Waals surface area (Å²) in [5.74, 6) is 0.745. The number of nitro groups is 2. The average molecular weight is 1120 g/mol. The lowest BCUT2D eigenvalue weighted by molar-refractivity contribution is -0.393. The Hall–Kier alpha value is -6.51. The van der Waals surface area contributed by atoms with Crippen LogP contribution in [-0.4, -0.2) is 198 Å². The maximum atomic E-state index is 13.6. The minimum absolute atomic E-state index is 0.0334. The fourth-order valence-corrected chi connectivity index (χ4v) is 10.5. The summed E-state index contributed by atoms with van der Waals surface area (Å²) in [5, 5.41) is 46.3. The van der Waals surface area contributed by atoms with Crippen molar-refractivity contribution < 1.29 is 62.5 Å². The number of ether oxygens (including phenoxy) is 7. The van der Waals surface area contributed by atoms with Gasteiger partial charge in [-0.1, -0.05) is 19.1 Å². The number of likely N-dealkylation sites (tertiary alicyclic amines) is 2. The maximum Gasteiger partial charge on any atom is 0.299 e. The molecule has 24 nitrogen and oxygen atoms in total. The molecule has 2 fully saturated rings. The van der Waals surface area contributed by atoms with Gasteiger partial charge in [-0.15, -0.1) is 0 Å². The van der Waals surface area contributed by atoms with Gasteiger partial charge in [0.2, 0.25) is 11.8 Å². The van der Waals surface area contributed by atoms with E-state index in [-0.39, 0.29) is 86.2 Å². The number of nitro benzene ring substituents is 2. The Morgan fingerprint density at radius 1 is 0.738 bits per heavy atom. The number of carbonyl (C=O) groups excluding carboxylic acids is 3. The Morgan fingerprint density at radius 2 is 1.35 bits per heavy atom. The zero-order valence-corrected chi connectivity index (χ0v) is 46.0. The minimum Gasteiger partial charge on any atom is -0.491 e. The van der Waals surface area contributed by atoms with Crippen molar-refractivity contribution in [3.8, 4) is 5.75 Å². The van der Waals surface area contributed by atoms with Crippen molar-refractivity contribution in [2.45, 2.75) is 57.5 Å². The highest BCUT2D eigenvalue weighted by Crippen LogP contribution is 2.47. The van der Waals surface area contributed by atoms with E-state index in [2.05, 4.69) is 63.2 Å². The van der Waals surface area contributed by atoms with E-state index in [0.29, 0.717) is 110 Å². The minimum atomic E-state index is -0.696. The number of β-amino-alcohol motifs (C(OH)–C–C–N with tert-alkyl or cyclic N) is 1. The number of aromatic nitrogens is 1. The Balaban J connectivity index is 0.620. The zero-order chi connectivity index (χ0) is 56.7. The van der Waals surface area contributed by atoms with Crippen LogP contribution in [0.3, 0.4) is 0 Å². The van der Waals surface area contributed by atoms with Crippen LogP contribution in [0.4, 0.5) is 22.7 Å². The number of aliphatic hydroxyl groups is 1. The molecule has 7 rings (SSSR count). The molecule has 0 radical (unpaired) electrons. The number of non-ortho nitro benzene ring substituents is 1. The number of carbonyl (C=O) groups is 3. The van der Waals surface area contributed by atoms with Crippen LogP contribution in [0, 0.1) is 39.0 Å². The summed E-state index contributed by atoms with van der Waals surface area (Å²) in [7, 11) is 0. The number of rotatable bonds is 35. The molecule has 2 saturated heterocycles. The van der Waals surface area contributed by atoms with Gasteiger partial charge in [0.1, 0.15) is 23.7 Å². The number of nitrogens with zero attached hydrogens (tertiary/aromatic N) is 4. The van der Waals surface area contributed by atoms with Crippen molar-refractivity contribution in [3.05, 3.63) is 97.7 Å². The Morgan fingerprint density at radius 3 is 1.96 bits per heavy atom. The molecule has 0 bridgehead atoms. The van der Waals surface area contributed by atoms with Crippen LogP contribution >= 0.6 is 0 Å². The van der Waals surface area contributed by atoms with E-state index in [4.69, 9.17) is 33.2 Å². The van der Waals surface area contributed by atoms with Crippen LogP contribution in [0.1, 0.15) is 60.6 Å². The van der Waals surface area contributed by atoms with Crippen molar-refractivity contribution in [1.82, 2.24) is 25.4 Å². The Kier molecular flexibility index (Phi) is 24.0. The number of fused-ring (bicyclic) bond motifs is 3. The van der Waals surface area contributed by atoms with E-state index in [9.17, 15) is 39.7 Å². The third kappa shape index (κ3) is 18.3. The molecule has 0 aliphatic carbocycles. The highest BCUT2D eigenvalue weighted by Gasteiger charge is 2.46. The van der Waals surface area contributed by atoms with Crippen molar-refractivity contribution in [2.75, 3.05) is 155 Å². The van der Waals surface area contributed by atoms with Crippen LogP contribution in [0.5, 0.6) is 5.75 Å². The fraction of sp³-hybridized carbons (Fsp3) is 0.589. The van der Waals surface area contributed by atoms with Gasteiger partial charge in [-0.3, -0.25) is 34.6 Å². The van der Waals surface area contributed by atoms with Crippen LogP contribution in [0.15, 0.2) is 60.7 Å². The smallest absolute Gasteiger partial charge is 0.299 e. The quantitative estimate of drug-likeness (QED) is 0.0205. The molecule has 3 aliphatic heterocycles. The fourth-order valence-electron chi connectivity index (χ4n) is 10.5. The number of H-pyrrole nitrogens is 1. The van der Waals surface area contributed by atoms with Gasteiger partial charge < -0.3 is 74.3 Å². The average Bonchev–Trinajstić information content (AvgIpc) is 4.15. The monoisotopic (exact) mass is 1120 g/mol. The molecule has 6 N–H and O–H groups in total. The van der Waals surface area contributed by atoms with Crippen LogP contribution in [-0.2, 0) is 43.4 Å². The van der Waals surface area contributed by atoms with Crippen molar-refractivity contribution in [3.63, 3.8) is 0 Å². The van der Waals surface area contributed by atoms with Gasteiger partial charge in [-0.05, 0) is 86.0 Å². The van der Waals surface area contributed by atoms with Crippen molar-refractivity contribution in [1.29, 1.82) is 0 Å². The Labute approximate surface area is 466 Å². The van der Waals surface area contributed by atoms with Gasteiger partial charge in [0.25, 0.3) is 17.3 Å². The molecule has 3 amide bonds. The first-order valence-electron chi connectivity index (χ1n) is 27.8. The van der Waals surface area contributed by atoms with E-state index < -0.39 is 21.6 Å². The standard InChI is InChI=1S/C56H79N9O15/c1-40-3-7-46-49(33-40)60-39-56(46)13-19-62(37-41(56)2)38-52(66)42-11-17-63(18-12-42)55(69)50-34-43-4-6-45(36-48(43)61-50)80-32-31-79-30-29-78-28-25-76-22-16-59-54(68)10-9-53(67)58-15-21-75-24-27-77-26-23-74-20-14-57-47-8-5-44(64(70)71)35-51(47)65(72)73/h3-8,33-36,41-42,52,57,60-61,66H,9-32,37-39H2,1-2H3,(H,58,67)(H,59,68)/t41-,52-,56+/m1/s1. The van der Waals surface area contributed by atoms with Crippen LogP contribution < -0.4 is 26.0 Å². The molecule has 3 aliphatic rings. The lowest BCUT2D eigenvalue weighted by atomic mass is 9.67. The van der Waals surface area contributed by atoms with Crippen LogP contribution in [0.25, 0.3) is 10.9 Å². The first-order valence-corrected chi connectivity index (χ1v) is 27.8. The molecular weight excluding hydrogens is 1040 g/mol. The number of amides is 3.